The van der Waals surface area contributed by atoms with Crippen molar-refractivity contribution in [3.63, 3.8) is 0 Å². The van der Waals surface area contributed by atoms with Gasteiger partial charge in [-0.1, -0.05) is 12.2 Å². The number of hydrogen-bond acceptors (Lipinski definition) is 1. The lowest BCUT2D eigenvalue weighted by molar-refractivity contribution is -0.141. The van der Waals surface area contributed by atoms with Gasteiger partial charge in [-0.05, 0) is 31.2 Å². The van der Waals surface area contributed by atoms with E-state index in [1.54, 1.807) is 0 Å². The molecule has 0 radical (unpaired) electrons. The van der Waals surface area contributed by atoms with Crippen molar-refractivity contribution in [2.45, 2.75) is 19.3 Å². The first kappa shape index (κ1) is 15.6. The van der Waals surface area contributed by atoms with Crippen molar-refractivity contribution >= 4 is 12.2 Å². The van der Waals surface area contributed by atoms with Crippen LogP contribution in [0.5, 0.6) is 0 Å². The summed E-state index contributed by atoms with van der Waals surface area (Å²) >= 11 is 4.88. The predicted octanol–water partition coefficient (Wildman–Crippen LogP) is 4.88. The van der Waals surface area contributed by atoms with Crippen molar-refractivity contribution in [3.05, 3.63) is 45.7 Å². The number of rotatable bonds is 1. The molecule has 0 fully saturated rings. The minimum Gasteiger partial charge on any atom is -0.288 e. The molecule has 0 unspecified atom stereocenters. The molecule has 9 heteroatoms. The average molecular weight is 326 g/mol. The summed E-state index contributed by atoms with van der Waals surface area (Å²) in [6, 6.07) is 3.66. The minimum absolute atomic E-state index is 0.0894. The zero-order valence-electron chi connectivity index (χ0n) is 10.4. The van der Waals surface area contributed by atoms with E-state index in [0.717, 1.165) is 28.9 Å². The van der Waals surface area contributed by atoms with Crippen LogP contribution in [0.4, 0.5) is 26.3 Å². The molecule has 0 amide bonds. The van der Waals surface area contributed by atoms with E-state index in [9.17, 15) is 26.3 Å². The summed E-state index contributed by atoms with van der Waals surface area (Å²) in [7, 11) is 0. The standard InChI is InChI=1S/C12H8F6N2S/c1-6-9(12(16,17)18)19-20(10(6)21)8-4-2-7(3-5-8)11(13,14)15/h2-5,19H,1H3. The lowest BCUT2D eigenvalue weighted by Gasteiger charge is -2.08. The van der Waals surface area contributed by atoms with Crippen LogP contribution in [0.1, 0.15) is 16.8 Å². The summed E-state index contributed by atoms with van der Waals surface area (Å²) in [6.07, 6.45) is -9.13. The summed E-state index contributed by atoms with van der Waals surface area (Å²) in [6.45, 7) is 1.20. The van der Waals surface area contributed by atoms with E-state index in [-0.39, 0.29) is 15.9 Å². The van der Waals surface area contributed by atoms with Gasteiger partial charge in [0, 0.05) is 5.56 Å². The maximum absolute atomic E-state index is 12.7. The summed E-state index contributed by atoms with van der Waals surface area (Å²) in [5, 5.41) is 2.07. The number of hydrogen-bond donors (Lipinski definition) is 1. The first-order chi connectivity index (χ1) is 9.51. The molecule has 0 bridgehead atoms. The van der Waals surface area contributed by atoms with E-state index in [1.165, 1.54) is 6.92 Å². The number of H-pyrrole nitrogens is 1. The number of nitrogens with one attached hydrogen (secondary N) is 1. The Morgan fingerprint density at radius 1 is 0.952 bits per heavy atom. The summed E-state index contributed by atoms with van der Waals surface area (Å²) in [4.78, 5) is 0. The number of nitrogens with zero attached hydrogens (tertiary/aromatic N) is 1. The number of halogens is 6. The van der Waals surface area contributed by atoms with Crippen molar-refractivity contribution in [1.29, 1.82) is 0 Å². The third-order valence-electron chi connectivity index (χ3n) is 2.86. The fourth-order valence-corrected chi connectivity index (χ4v) is 2.03. The van der Waals surface area contributed by atoms with Gasteiger partial charge >= 0.3 is 12.4 Å². The lowest BCUT2D eigenvalue weighted by atomic mass is 10.2. The zero-order valence-corrected chi connectivity index (χ0v) is 11.2. The smallest absolute Gasteiger partial charge is 0.288 e. The molecule has 1 aromatic heterocycles. The first-order valence-corrected chi connectivity index (χ1v) is 5.99. The van der Waals surface area contributed by atoms with Gasteiger partial charge in [0.15, 0.2) is 0 Å². The van der Waals surface area contributed by atoms with E-state index in [0.29, 0.717) is 0 Å². The Kier molecular flexibility index (Phi) is 3.64. The van der Waals surface area contributed by atoms with E-state index in [2.05, 4.69) is 5.10 Å². The van der Waals surface area contributed by atoms with Gasteiger partial charge in [-0.2, -0.15) is 26.3 Å². The van der Waals surface area contributed by atoms with Crippen molar-refractivity contribution in [2.24, 2.45) is 0 Å². The molecule has 0 atom stereocenters. The van der Waals surface area contributed by atoms with Crippen LogP contribution in [0, 0.1) is 11.6 Å². The third kappa shape index (κ3) is 2.97. The molecule has 21 heavy (non-hydrogen) atoms. The Morgan fingerprint density at radius 2 is 1.48 bits per heavy atom. The van der Waals surface area contributed by atoms with Gasteiger partial charge in [0.25, 0.3) is 0 Å². The predicted molar refractivity (Wildman–Crippen MR) is 65.7 cm³/mol. The molecule has 2 rings (SSSR count). The van der Waals surface area contributed by atoms with Crippen molar-refractivity contribution in [3.8, 4) is 5.69 Å². The molecular weight excluding hydrogens is 318 g/mol. The molecule has 0 saturated heterocycles. The highest BCUT2D eigenvalue weighted by molar-refractivity contribution is 7.71. The fourth-order valence-electron chi connectivity index (χ4n) is 1.78. The van der Waals surface area contributed by atoms with E-state index in [4.69, 9.17) is 12.2 Å². The second-order valence-electron chi connectivity index (χ2n) is 4.29. The van der Waals surface area contributed by atoms with Crippen LogP contribution in [-0.4, -0.2) is 9.78 Å². The lowest BCUT2D eigenvalue weighted by Crippen LogP contribution is -2.09. The van der Waals surface area contributed by atoms with Gasteiger partial charge < -0.3 is 0 Å². The Hall–Kier alpha value is -1.77. The number of alkyl halides is 6. The van der Waals surface area contributed by atoms with Crippen LogP contribution in [0.25, 0.3) is 5.69 Å². The van der Waals surface area contributed by atoms with Crippen LogP contribution in [-0.2, 0) is 12.4 Å². The molecule has 0 saturated carbocycles. The topological polar surface area (TPSA) is 20.7 Å². The Balaban J connectivity index is 2.51. The van der Waals surface area contributed by atoms with Gasteiger partial charge in [-0.3, -0.25) is 5.10 Å². The molecule has 2 aromatic rings. The molecule has 0 aliphatic carbocycles. The molecule has 114 valence electrons. The molecule has 1 aromatic carbocycles. The summed E-state index contributed by atoms with van der Waals surface area (Å²) in [5.41, 5.74) is -2.01. The highest BCUT2D eigenvalue weighted by atomic mass is 32.1. The highest BCUT2D eigenvalue weighted by Crippen LogP contribution is 2.33. The molecule has 1 heterocycles. The molecule has 0 aliphatic rings. The zero-order chi connectivity index (χ0) is 16.0. The van der Waals surface area contributed by atoms with Crippen LogP contribution < -0.4 is 0 Å². The molecule has 2 nitrogen and oxygen atoms in total. The molecule has 0 spiro atoms. The number of aromatic nitrogens is 2. The van der Waals surface area contributed by atoms with E-state index in [1.807, 2.05) is 0 Å². The largest absolute Gasteiger partial charge is 0.433 e. The van der Waals surface area contributed by atoms with Gasteiger partial charge in [-0.15, -0.1) is 0 Å². The molecule has 0 aliphatic heterocycles. The maximum atomic E-state index is 12.7. The average Bonchev–Trinajstić information content (AvgIpc) is 2.65. The number of aromatic amines is 1. The molecular formula is C12H8F6N2S. The third-order valence-corrected chi connectivity index (χ3v) is 3.35. The summed E-state index contributed by atoms with van der Waals surface area (Å²) < 4.78 is 76.3. The van der Waals surface area contributed by atoms with E-state index < -0.39 is 23.6 Å². The Labute approximate surface area is 120 Å². The van der Waals surface area contributed by atoms with Gasteiger partial charge in [0.2, 0.25) is 0 Å². The van der Waals surface area contributed by atoms with Crippen LogP contribution in [0.2, 0.25) is 0 Å². The normalized spacial score (nSPS) is 12.7. The Bertz CT molecular complexity index is 705. The van der Waals surface area contributed by atoms with Crippen molar-refractivity contribution in [2.75, 3.05) is 0 Å². The number of benzene rings is 1. The summed E-state index contributed by atoms with van der Waals surface area (Å²) in [5.74, 6) is 0. The second-order valence-corrected chi connectivity index (χ2v) is 4.68. The van der Waals surface area contributed by atoms with Crippen LogP contribution >= 0.6 is 12.2 Å². The minimum atomic E-state index is -4.62. The van der Waals surface area contributed by atoms with E-state index >= 15 is 0 Å². The van der Waals surface area contributed by atoms with Gasteiger partial charge in [0.05, 0.1) is 11.3 Å². The molecule has 1 N–H and O–H groups in total. The highest BCUT2D eigenvalue weighted by Gasteiger charge is 2.36. The van der Waals surface area contributed by atoms with Gasteiger partial charge in [-0.25, -0.2) is 4.68 Å². The van der Waals surface area contributed by atoms with Crippen LogP contribution in [0.3, 0.4) is 0 Å². The Morgan fingerprint density at radius 3 is 1.86 bits per heavy atom. The quantitative estimate of drug-likeness (QED) is 0.585. The maximum Gasteiger partial charge on any atom is 0.433 e. The van der Waals surface area contributed by atoms with Crippen molar-refractivity contribution in [1.82, 2.24) is 9.78 Å². The van der Waals surface area contributed by atoms with Crippen LogP contribution in [0.15, 0.2) is 24.3 Å². The SMILES string of the molecule is Cc1c(C(F)(F)F)[nH]n(-c2ccc(C(F)(F)F)cc2)c1=S. The van der Waals surface area contributed by atoms with Crippen molar-refractivity contribution < 1.29 is 26.3 Å². The second kappa shape index (κ2) is 4.90. The van der Waals surface area contributed by atoms with Gasteiger partial charge in [0.1, 0.15) is 10.3 Å². The monoisotopic (exact) mass is 326 g/mol. The fraction of sp³-hybridized carbons (Fsp3) is 0.250. The first-order valence-electron chi connectivity index (χ1n) is 5.58.